The molecule has 0 radical (unpaired) electrons. The van der Waals surface area contributed by atoms with Gasteiger partial charge in [0.15, 0.2) is 28.5 Å². The molecule has 3 aromatic carbocycles. The number of rotatable bonds is 39. The number of likely N-dealkylation sites (N-methyl/N-ethyl adjacent to an activating group) is 1. The number of aliphatic hydroxyl groups excluding tert-OH is 9. The van der Waals surface area contributed by atoms with Gasteiger partial charge in [0.2, 0.25) is 23.4 Å². The van der Waals surface area contributed by atoms with Gasteiger partial charge in [0.05, 0.1) is 60.4 Å². The van der Waals surface area contributed by atoms with Crippen molar-refractivity contribution in [3.05, 3.63) is 116 Å². The second-order valence-corrected chi connectivity index (χ2v) is 37.6. The number of carboxylic acids is 2. The highest BCUT2D eigenvalue weighted by Gasteiger charge is 2.81. The average molecular weight is 1790 g/mol. The lowest BCUT2D eigenvalue weighted by atomic mass is 9.46. The van der Waals surface area contributed by atoms with Crippen molar-refractivity contribution in [2.45, 2.75) is 213 Å². The monoisotopic (exact) mass is 1790 g/mol. The summed E-state index contributed by atoms with van der Waals surface area (Å²) in [6, 6.07) is 12.3. The van der Waals surface area contributed by atoms with Gasteiger partial charge in [0.25, 0.3) is 5.56 Å². The van der Waals surface area contributed by atoms with Crippen LogP contribution in [-0.2, 0) is 68.4 Å². The lowest BCUT2D eigenvalue weighted by Gasteiger charge is -2.63. The average Bonchev–Trinajstić information content (AvgIpc) is 1.47. The van der Waals surface area contributed by atoms with Gasteiger partial charge in [-0.1, -0.05) is 84.8 Å². The number of para-hydroxylation sites is 1. The van der Waals surface area contributed by atoms with E-state index < -0.39 is 228 Å². The van der Waals surface area contributed by atoms with Crippen LogP contribution in [0.15, 0.2) is 71.7 Å². The number of carbonyl (C=O) groups excluding carboxylic acids is 7. The Bertz CT molecular complexity index is 5160. The number of anilines is 2. The van der Waals surface area contributed by atoms with Gasteiger partial charge >= 0.3 is 23.9 Å². The van der Waals surface area contributed by atoms with Crippen molar-refractivity contribution in [1.29, 1.82) is 5.53 Å². The highest BCUT2D eigenvalue weighted by Crippen LogP contribution is 2.69. The molecule has 126 heavy (non-hydrogen) atoms. The number of Topliss-reactive ketones (excluding diaryl/α,β-unsaturated/α-hetero) is 3. The number of nitrogens with two attached hydrogens (primary N) is 1. The zero-order chi connectivity index (χ0) is 91.6. The van der Waals surface area contributed by atoms with E-state index >= 15 is 4.79 Å². The quantitative estimate of drug-likeness (QED) is 0.00839. The van der Waals surface area contributed by atoms with Gasteiger partial charge in [-0.05, 0) is 131 Å². The smallest absolute Gasteiger partial charge is 0.496 e. The Morgan fingerprint density at radius 2 is 1.46 bits per heavy atom. The predicted molar refractivity (Wildman–Crippen MR) is 456 cm³/mol. The molecule has 684 valence electrons. The van der Waals surface area contributed by atoms with E-state index in [1.54, 1.807) is 31.2 Å². The SMILES string of the molecule is CC[C@]1(O)C[C@H]2CN(CCc3c([nH]c4ccccc34)[C@@](C)(c3cc4c(cc3OC)N(C)[C@H]3[C@@](O)(C(=O)[N+](=N)C(=O)OCCSSC[C@H](CC(=O)[C@@H](NC(=O)[C@H](C)CC(=O)[C@@H](NC(=O)CC[C@H](CC(=O)c5ccc(CCc6cnc7nc(N)[nH]c(=O)c7n6)cc5)C(=O)O)[C@@H](O)[C@H](O)[C@H](O)CO)[C@@H](O)[C@H](O)[C@H](O)CO)C(=O)O)[C@H](O)[C@]5(CC)CCCN6CC[C@]43[C@@H]65)C2)C1. The highest BCUT2D eigenvalue weighted by atomic mass is 33.1. The predicted octanol–water partition coefficient (Wildman–Crippen LogP) is 0.929. The number of imide groups is 1. The molecule has 1 saturated carbocycles. The topological polar surface area (TPSA) is 609 Å². The van der Waals surface area contributed by atoms with Crippen LogP contribution in [0.3, 0.4) is 0 Å². The first-order chi connectivity index (χ1) is 59.8. The van der Waals surface area contributed by atoms with Crippen LogP contribution in [0.4, 0.5) is 16.4 Å². The van der Waals surface area contributed by atoms with Crippen LogP contribution in [-0.4, -0.2) is 315 Å². The van der Waals surface area contributed by atoms with Crippen molar-refractivity contribution in [3.8, 4) is 5.75 Å². The third-order valence-electron chi connectivity index (χ3n) is 27.1. The summed E-state index contributed by atoms with van der Waals surface area (Å²) in [6.07, 6.45) is -14.9. The summed E-state index contributed by atoms with van der Waals surface area (Å²) in [7, 11) is 5.09. The van der Waals surface area contributed by atoms with E-state index in [0.29, 0.717) is 101 Å². The number of methoxy groups -OCH3 is 1. The van der Waals surface area contributed by atoms with Gasteiger partial charge in [0.1, 0.15) is 67.2 Å². The van der Waals surface area contributed by atoms with Crippen LogP contribution in [0, 0.1) is 34.6 Å². The van der Waals surface area contributed by atoms with Crippen molar-refractivity contribution in [3.63, 3.8) is 0 Å². The molecule has 6 aliphatic rings. The van der Waals surface area contributed by atoms with Crippen molar-refractivity contribution in [1.82, 2.24) is 45.4 Å². The first kappa shape index (κ1) is 95.7. The Kier molecular flexibility index (Phi) is 29.9. The number of aromatic amines is 2. The Labute approximate surface area is 732 Å². The van der Waals surface area contributed by atoms with Crippen LogP contribution in [0.5, 0.6) is 5.75 Å². The van der Waals surface area contributed by atoms with Crippen LogP contribution in [0.25, 0.3) is 22.1 Å². The van der Waals surface area contributed by atoms with Crippen molar-refractivity contribution in [2.75, 3.05) is 88.8 Å². The molecular formula is C86H114N13O25S2+. The molecule has 38 nitrogen and oxygen atoms in total. The number of carboxylic acid groups (broad SMARTS) is 2. The van der Waals surface area contributed by atoms with E-state index in [2.05, 4.69) is 70.5 Å². The maximum Gasteiger partial charge on any atom is 0.631 e. The number of aryl methyl sites for hydroxylation is 2. The molecule has 1 unspecified atom stereocenters. The Morgan fingerprint density at radius 3 is 2.12 bits per heavy atom. The number of hydrogen-bond donors (Lipinski definition) is 19. The number of aliphatic carboxylic acids is 2. The molecule has 3 aromatic heterocycles. The molecule has 5 aliphatic heterocycles. The largest absolute Gasteiger partial charge is 0.631 e. The summed E-state index contributed by atoms with van der Waals surface area (Å²) >= 11 is 0. The fourth-order valence-electron chi connectivity index (χ4n) is 20.7. The number of H-pyrrole nitrogens is 2. The number of amides is 4. The summed E-state index contributed by atoms with van der Waals surface area (Å²) in [5, 5.41) is 149. The minimum absolute atomic E-state index is 0.0100. The van der Waals surface area contributed by atoms with Crippen LogP contribution < -0.4 is 31.6 Å². The highest BCUT2D eigenvalue weighted by molar-refractivity contribution is 8.76. The molecule has 4 amide bonds. The van der Waals surface area contributed by atoms with Gasteiger partial charge < -0.3 is 102 Å². The zero-order valence-corrected chi connectivity index (χ0v) is 72.6. The molecule has 40 heteroatoms. The van der Waals surface area contributed by atoms with Gasteiger partial charge in [0, 0.05) is 132 Å². The summed E-state index contributed by atoms with van der Waals surface area (Å²) < 4.78 is 11.9. The van der Waals surface area contributed by atoms with Gasteiger partial charge in [-0.15, -0.1) is 0 Å². The number of nitrogens with zero attached hydrogens (tertiary/aromatic N) is 7. The van der Waals surface area contributed by atoms with Gasteiger partial charge in [-0.3, -0.25) is 53.1 Å². The molecule has 21 atom stereocenters. The first-order valence-corrected chi connectivity index (χ1v) is 44.9. The van der Waals surface area contributed by atoms with Crippen LogP contribution in [0.1, 0.15) is 149 Å². The minimum atomic E-state index is -2.84. The molecule has 4 fully saturated rings. The number of piperidine rings is 2. The summed E-state index contributed by atoms with van der Waals surface area (Å²) in [6.45, 7) is 7.60. The van der Waals surface area contributed by atoms with E-state index in [-0.39, 0.29) is 39.0 Å². The fraction of sp³-hybridized carbons (Fsp3) is 0.593. The number of fused-ring (bicyclic) bond motifs is 7. The number of hydrogen-bond acceptors (Lipinski definition) is 33. The van der Waals surface area contributed by atoms with Crippen molar-refractivity contribution >= 4 is 108 Å². The molecule has 6 aromatic rings. The normalized spacial score (nSPS) is 26.4. The molecule has 1 spiro atoms. The maximum absolute atomic E-state index is 15.5. The Morgan fingerprint density at radius 1 is 0.786 bits per heavy atom. The Hall–Kier alpha value is -9.37. The van der Waals surface area contributed by atoms with Crippen LogP contribution >= 0.6 is 21.6 Å². The van der Waals surface area contributed by atoms with Crippen molar-refractivity contribution < 1.29 is 124 Å². The number of aliphatic hydroxyl groups is 11. The van der Waals surface area contributed by atoms with E-state index in [0.717, 1.165) is 80.5 Å². The minimum Gasteiger partial charge on any atom is -0.496 e. The summed E-state index contributed by atoms with van der Waals surface area (Å²) in [5.41, 5.74) is 14.2. The van der Waals surface area contributed by atoms with Crippen LogP contribution in [0.2, 0.25) is 0 Å². The number of nitrogens with one attached hydrogen (secondary N) is 5. The van der Waals surface area contributed by atoms with E-state index in [4.69, 9.17) is 15.2 Å². The molecule has 3 saturated heterocycles. The number of aromatic nitrogens is 5. The lowest BCUT2D eigenvalue weighted by Crippen LogP contribution is -2.82. The molecule has 8 heterocycles. The number of ketones is 3. The molecule has 12 rings (SSSR count). The van der Waals surface area contributed by atoms with E-state index in [9.17, 15) is 115 Å². The van der Waals surface area contributed by atoms with Crippen molar-refractivity contribution in [2.24, 2.45) is 29.1 Å². The lowest BCUT2D eigenvalue weighted by molar-refractivity contribution is -0.475. The number of benzene rings is 3. The van der Waals surface area contributed by atoms with E-state index in [1.807, 2.05) is 32.0 Å². The van der Waals surface area contributed by atoms with Gasteiger partial charge in [-0.2, -0.15) is 9.78 Å². The number of ether oxygens (including phenoxy) is 2. The molecule has 2 bridgehead atoms. The molecule has 20 N–H and O–H groups in total. The second-order valence-electron chi connectivity index (χ2n) is 34.9. The third-order valence-corrected chi connectivity index (χ3v) is 29.6. The maximum atomic E-state index is 15.5. The van der Waals surface area contributed by atoms with Gasteiger partial charge in [-0.25, -0.2) is 14.8 Å². The number of carbonyl (C=O) groups is 9. The zero-order valence-electron chi connectivity index (χ0n) is 70.9. The standard InChI is InChI=1S/C86H113N13O25S2/c1-7-83(121)36-45-35-82(4,70-51(22-26-97(38-45)42-83)50-12-9-10-13-54(50)91-70)53-33-52-55(34-61(53)123-6)96(5)77-85(52)24-27-98-25-11-23-84(8-2,76(85)98)78(118)86(77,122)79(119)99(88)81(120)124-28-29-125-126-41-48(75(116)117)32-58(104)64(69(111)67(109)60(106)40-101)93-72(112)43(3)30-57(103)63(68(110)66(108)59(105)39-100)92-62(107)21-19-47(74(114)115)31-56(102)46-17-14-44(15-18-46)16-20-49-37-89-71-65(90-49)73(113)95-80(87)94-71/h9-10,12-15,17-18,33-34,37,43,45,47-48,59-60,63-64,66-69,76-78,88,91,100-101,105-106,108-111,118,121-122H,7-8,11,16,19-32,35-36,38-42H2,1-6H3,(H6-,87,89,92,93,94,95,107,112,113,114,115,116,117)/p+1/t43-,45+,47-,48+,59-,60-,63-,64-,66-,67-,68-,69-,76+,77-,78-,82-,83+,84-,85-,86+/m1/s1. The number of nitrogen functional groups attached to an aromatic ring is 1. The fourth-order valence-corrected chi connectivity index (χ4v) is 22.8. The summed E-state index contributed by atoms with van der Waals surface area (Å²) in [4.78, 5) is 162. The Balaban J connectivity index is 0.677. The summed E-state index contributed by atoms with van der Waals surface area (Å²) in [5.74, 6) is -15.0. The van der Waals surface area contributed by atoms with E-state index in [1.165, 1.54) is 18.3 Å². The second kappa shape index (κ2) is 39.3. The third kappa shape index (κ3) is 18.8. The molecule has 1 aliphatic carbocycles. The first-order valence-electron chi connectivity index (χ1n) is 42.4. The molecular weight excluding hydrogens is 1680 g/mol.